The second kappa shape index (κ2) is 4.73. The molecule has 0 spiro atoms. The lowest BCUT2D eigenvalue weighted by atomic mass is 10.2. The average Bonchev–Trinajstić information content (AvgIpc) is 2.74. The van der Waals surface area contributed by atoms with Crippen molar-refractivity contribution in [2.24, 2.45) is 7.05 Å². The van der Waals surface area contributed by atoms with Gasteiger partial charge in [0.25, 0.3) is 5.91 Å². The van der Waals surface area contributed by atoms with Gasteiger partial charge in [0.2, 0.25) is 0 Å². The molecule has 1 aromatic carbocycles. The molecule has 0 bridgehead atoms. The zero-order valence-electron chi connectivity index (χ0n) is 9.22. The fraction of sp³-hybridized carbons (Fsp3) is 0.182. The van der Waals surface area contributed by atoms with Gasteiger partial charge in [-0.15, -0.1) is 5.10 Å². The highest BCUT2D eigenvalue weighted by atomic mass is 19.1. The maximum atomic E-state index is 13.3. The van der Waals surface area contributed by atoms with Crippen LogP contribution in [0.25, 0.3) is 0 Å². The molecule has 0 unspecified atom stereocenters. The lowest BCUT2D eigenvalue weighted by Gasteiger charge is -2.03. The summed E-state index contributed by atoms with van der Waals surface area (Å²) < 4.78 is 14.7. The number of hydrogen-bond donors (Lipinski definition) is 1. The van der Waals surface area contributed by atoms with Crippen molar-refractivity contribution in [3.63, 3.8) is 0 Å². The minimum Gasteiger partial charge on any atom is -0.346 e. The zero-order valence-corrected chi connectivity index (χ0v) is 9.22. The highest BCUT2D eigenvalue weighted by Gasteiger charge is 2.10. The molecule has 0 saturated heterocycles. The van der Waals surface area contributed by atoms with E-state index in [9.17, 15) is 9.18 Å². The zero-order chi connectivity index (χ0) is 12.3. The summed E-state index contributed by atoms with van der Waals surface area (Å²) in [6.07, 6.45) is 1.50. The van der Waals surface area contributed by atoms with Crippen LogP contribution in [0.3, 0.4) is 0 Å². The van der Waals surface area contributed by atoms with E-state index in [2.05, 4.69) is 15.6 Å². The van der Waals surface area contributed by atoms with Crippen molar-refractivity contribution in [1.29, 1.82) is 0 Å². The summed E-state index contributed by atoms with van der Waals surface area (Å²) in [5, 5.41) is 9.87. The van der Waals surface area contributed by atoms with E-state index in [1.54, 1.807) is 25.2 Å². The number of amides is 1. The Morgan fingerprint density at radius 3 is 2.88 bits per heavy atom. The third-order valence-corrected chi connectivity index (χ3v) is 2.23. The molecular weight excluding hydrogens is 223 g/mol. The number of carbonyl (C=O) groups excluding carboxylic acids is 1. The van der Waals surface area contributed by atoms with E-state index in [4.69, 9.17) is 0 Å². The van der Waals surface area contributed by atoms with Gasteiger partial charge in [0.05, 0.1) is 6.20 Å². The van der Waals surface area contributed by atoms with Crippen molar-refractivity contribution in [2.45, 2.75) is 6.54 Å². The molecule has 0 aliphatic rings. The van der Waals surface area contributed by atoms with Gasteiger partial charge in [0.15, 0.2) is 5.69 Å². The SMILES string of the molecule is Cn1cc(C(=O)NCc2ccccc2F)nn1. The maximum absolute atomic E-state index is 13.3. The molecular formula is C11H11FN4O. The molecule has 1 aromatic heterocycles. The molecule has 1 heterocycles. The first-order chi connectivity index (χ1) is 8.16. The van der Waals surface area contributed by atoms with Crippen molar-refractivity contribution >= 4 is 5.91 Å². The van der Waals surface area contributed by atoms with Crippen LogP contribution in [0, 0.1) is 5.82 Å². The third-order valence-electron chi connectivity index (χ3n) is 2.23. The number of nitrogens with one attached hydrogen (secondary N) is 1. The Kier molecular flexibility index (Phi) is 3.13. The summed E-state index contributed by atoms with van der Waals surface area (Å²) in [4.78, 5) is 11.6. The molecule has 6 heteroatoms. The van der Waals surface area contributed by atoms with Gasteiger partial charge >= 0.3 is 0 Å². The Hall–Kier alpha value is -2.24. The molecule has 5 nitrogen and oxygen atoms in total. The predicted octanol–water partition coefficient (Wildman–Crippen LogP) is 0.884. The van der Waals surface area contributed by atoms with E-state index >= 15 is 0 Å². The van der Waals surface area contributed by atoms with Crippen LogP contribution in [-0.4, -0.2) is 20.9 Å². The number of carbonyl (C=O) groups is 1. The molecule has 0 fully saturated rings. The first-order valence-electron chi connectivity index (χ1n) is 5.05. The van der Waals surface area contributed by atoms with E-state index in [0.717, 1.165) is 0 Å². The van der Waals surface area contributed by atoms with Gasteiger partial charge in [0, 0.05) is 19.2 Å². The molecule has 0 atom stereocenters. The minimum absolute atomic E-state index is 0.127. The van der Waals surface area contributed by atoms with Crippen molar-refractivity contribution in [1.82, 2.24) is 20.3 Å². The number of rotatable bonds is 3. The van der Waals surface area contributed by atoms with E-state index in [0.29, 0.717) is 5.56 Å². The topological polar surface area (TPSA) is 59.8 Å². The van der Waals surface area contributed by atoms with Gasteiger partial charge in [-0.1, -0.05) is 23.4 Å². The highest BCUT2D eigenvalue weighted by Crippen LogP contribution is 2.05. The Balaban J connectivity index is 1.99. The standard InChI is InChI=1S/C11H11FN4O/c1-16-7-10(14-15-16)11(17)13-6-8-4-2-3-5-9(8)12/h2-5,7H,6H2,1H3,(H,13,17). The van der Waals surface area contributed by atoms with E-state index in [1.807, 2.05) is 0 Å². The third kappa shape index (κ3) is 2.66. The predicted molar refractivity (Wildman–Crippen MR) is 58.6 cm³/mol. The van der Waals surface area contributed by atoms with Crippen molar-refractivity contribution in [3.05, 3.63) is 47.5 Å². The van der Waals surface area contributed by atoms with E-state index < -0.39 is 0 Å². The van der Waals surface area contributed by atoms with Crippen LogP contribution >= 0.6 is 0 Å². The molecule has 0 saturated carbocycles. The Morgan fingerprint density at radius 1 is 1.47 bits per heavy atom. The first kappa shape index (κ1) is 11.3. The second-order valence-electron chi connectivity index (χ2n) is 3.55. The van der Waals surface area contributed by atoms with Crippen LogP contribution in [0.4, 0.5) is 4.39 Å². The maximum Gasteiger partial charge on any atom is 0.273 e. The number of aromatic nitrogens is 3. The van der Waals surface area contributed by atoms with Crippen molar-refractivity contribution in [3.8, 4) is 0 Å². The first-order valence-corrected chi connectivity index (χ1v) is 5.05. The average molecular weight is 234 g/mol. The van der Waals surface area contributed by atoms with Crippen molar-refractivity contribution < 1.29 is 9.18 Å². The monoisotopic (exact) mass is 234 g/mol. The second-order valence-corrected chi connectivity index (χ2v) is 3.55. The van der Waals surface area contributed by atoms with Gasteiger partial charge in [-0.25, -0.2) is 4.39 Å². The number of benzene rings is 1. The van der Waals surface area contributed by atoms with Gasteiger partial charge in [-0.2, -0.15) is 0 Å². The summed E-state index contributed by atoms with van der Waals surface area (Å²) in [6.45, 7) is 0.127. The Bertz CT molecular complexity index is 538. The fourth-order valence-electron chi connectivity index (χ4n) is 1.36. The van der Waals surface area contributed by atoms with Crippen LogP contribution in [-0.2, 0) is 13.6 Å². The van der Waals surface area contributed by atoms with Crippen LogP contribution in [0.1, 0.15) is 16.1 Å². The number of halogens is 1. The molecule has 17 heavy (non-hydrogen) atoms. The molecule has 0 aliphatic heterocycles. The normalized spacial score (nSPS) is 10.2. The summed E-state index contributed by atoms with van der Waals surface area (Å²) in [6, 6.07) is 6.28. The fourth-order valence-corrected chi connectivity index (χ4v) is 1.36. The molecule has 1 amide bonds. The van der Waals surface area contributed by atoms with Gasteiger partial charge in [-0.3, -0.25) is 9.48 Å². The van der Waals surface area contributed by atoms with Crippen LogP contribution < -0.4 is 5.32 Å². The smallest absolute Gasteiger partial charge is 0.273 e. The summed E-state index contributed by atoms with van der Waals surface area (Å²) in [5.74, 6) is -0.715. The molecule has 0 aliphatic carbocycles. The Labute approximate surface area is 97.3 Å². The summed E-state index contributed by atoms with van der Waals surface area (Å²) in [5.41, 5.74) is 0.647. The highest BCUT2D eigenvalue weighted by molar-refractivity contribution is 5.91. The van der Waals surface area contributed by atoms with E-state index in [-0.39, 0.29) is 24.0 Å². The molecule has 2 rings (SSSR count). The molecule has 88 valence electrons. The quantitative estimate of drug-likeness (QED) is 0.857. The lowest BCUT2D eigenvalue weighted by Crippen LogP contribution is -2.23. The van der Waals surface area contributed by atoms with Gasteiger partial charge in [0.1, 0.15) is 5.82 Å². The van der Waals surface area contributed by atoms with Crippen LogP contribution in [0.5, 0.6) is 0 Å². The van der Waals surface area contributed by atoms with E-state index in [1.165, 1.54) is 16.9 Å². The van der Waals surface area contributed by atoms with Crippen molar-refractivity contribution in [2.75, 3.05) is 0 Å². The lowest BCUT2D eigenvalue weighted by molar-refractivity contribution is 0.0945. The number of hydrogen-bond acceptors (Lipinski definition) is 3. The van der Waals surface area contributed by atoms with Crippen LogP contribution in [0.15, 0.2) is 30.5 Å². The Morgan fingerprint density at radius 2 is 2.24 bits per heavy atom. The molecule has 1 N–H and O–H groups in total. The summed E-state index contributed by atoms with van der Waals surface area (Å²) in [7, 11) is 1.67. The van der Waals surface area contributed by atoms with Crippen LogP contribution in [0.2, 0.25) is 0 Å². The minimum atomic E-state index is -0.374. The molecule has 0 radical (unpaired) electrons. The molecule has 2 aromatic rings. The largest absolute Gasteiger partial charge is 0.346 e. The van der Waals surface area contributed by atoms with Gasteiger partial charge in [-0.05, 0) is 6.07 Å². The number of nitrogens with zero attached hydrogens (tertiary/aromatic N) is 3. The summed E-state index contributed by atoms with van der Waals surface area (Å²) >= 11 is 0. The van der Waals surface area contributed by atoms with Gasteiger partial charge < -0.3 is 5.32 Å². The number of aryl methyl sites for hydroxylation is 1.